The summed E-state index contributed by atoms with van der Waals surface area (Å²) in [7, 11) is 1.34. The zero-order chi connectivity index (χ0) is 18.3. The van der Waals surface area contributed by atoms with Gasteiger partial charge in [0.2, 0.25) is 0 Å². The normalized spacial score (nSPS) is 23.7. The van der Waals surface area contributed by atoms with Gasteiger partial charge in [-0.15, -0.1) is 0 Å². The number of allylic oxidation sites excluding steroid dienone is 1. The third kappa shape index (κ3) is 2.60. The summed E-state index contributed by atoms with van der Waals surface area (Å²) in [6.07, 6.45) is 3.50. The maximum Gasteiger partial charge on any atom is 0.320 e. The average Bonchev–Trinajstić information content (AvgIpc) is 3.18. The lowest BCUT2D eigenvalue weighted by Gasteiger charge is -2.23. The van der Waals surface area contributed by atoms with E-state index in [1.54, 1.807) is 30.3 Å². The van der Waals surface area contributed by atoms with Crippen LogP contribution >= 0.6 is 0 Å². The van der Waals surface area contributed by atoms with E-state index in [0.717, 1.165) is 11.1 Å². The van der Waals surface area contributed by atoms with Crippen LogP contribution in [-0.2, 0) is 14.3 Å². The van der Waals surface area contributed by atoms with Crippen molar-refractivity contribution in [2.45, 2.75) is 12.5 Å². The molecule has 2 atom stereocenters. The molecule has 1 heterocycles. The molecule has 132 valence electrons. The SMILES string of the molecule is COC(=O)[C@]12C=C(c3ccc(F)cc3)O[C@H]1C=C(c1ccc(F)cc1)C2. The van der Waals surface area contributed by atoms with Crippen LogP contribution in [-0.4, -0.2) is 19.2 Å². The minimum Gasteiger partial charge on any atom is -0.484 e. The molecular formula is C21H16F2O3. The predicted octanol–water partition coefficient (Wildman–Crippen LogP) is 4.35. The van der Waals surface area contributed by atoms with E-state index in [4.69, 9.17) is 9.47 Å². The third-order valence-electron chi connectivity index (χ3n) is 4.90. The lowest BCUT2D eigenvalue weighted by molar-refractivity contribution is -0.151. The average molecular weight is 354 g/mol. The Bertz CT molecular complexity index is 913. The lowest BCUT2D eigenvalue weighted by atomic mass is 9.82. The van der Waals surface area contributed by atoms with Gasteiger partial charge in [-0.3, -0.25) is 4.79 Å². The molecule has 1 aliphatic carbocycles. The maximum atomic E-state index is 13.2. The molecular weight excluding hydrogens is 338 g/mol. The molecule has 5 heteroatoms. The summed E-state index contributed by atoms with van der Waals surface area (Å²) in [4.78, 5) is 12.6. The summed E-state index contributed by atoms with van der Waals surface area (Å²) in [5.41, 5.74) is 1.46. The van der Waals surface area contributed by atoms with Crippen LogP contribution in [0.2, 0.25) is 0 Å². The number of benzene rings is 2. The second-order valence-corrected chi connectivity index (χ2v) is 6.46. The molecule has 0 bridgehead atoms. The molecule has 0 saturated carbocycles. The van der Waals surface area contributed by atoms with Gasteiger partial charge < -0.3 is 9.47 Å². The van der Waals surface area contributed by atoms with Crippen molar-refractivity contribution in [3.8, 4) is 0 Å². The molecule has 2 aromatic carbocycles. The van der Waals surface area contributed by atoms with E-state index in [-0.39, 0.29) is 11.6 Å². The second-order valence-electron chi connectivity index (χ2n) is 6.46. The topological polar surface area (TPSA) is 35.5 Å². The Morgan fingerprint density at radius 3 is 2.19 bits per heavy atom. The number of esters is 1. The highest BCUT2D eigenvalue weighted by molar-refractivity contribution is 5.90. The molecule has 0 N–H and O–H groups in total. The van der Waals surface area contributed by atoms with Crippen LogP contribution in [0, 0.1) is 17.0 Å². The number of ether oxygens (including phenoxy) is 2. The van der Waals surface area contributed by atoms with Crippen molar-refractivity contribution < 1.29 is 23.0 Å². The third-order valence-corrected chi connectivity index (χ3v) is 4.90. The first kappa shape index (κ1) is 16.5. The predicted molar refractivity (Wildman–Crippen MR) is 92.7 cm³/mol. The Morgan fingerprint density at radius 1 is 1.04 bits per heavy atom. The minimum atomic E-state index is -0.970. The number of carbonyl (C=O) groups excluding carboxylic acids is 1. The van der Waals surface area contributed by atoms with Gasteiger partial charge in [0, 0.05) is 5.56 Å². The maximum absolute atomic E-state index is 13.2. The van der Waals surface area contributed by atoms with Crippen molar-refractivity contribution in [3.05, 3.63) is 83.4 Å². The van der Waals surface area contributed by atoms with Crippen molar-refractivity contribution in [2.75, 3.05) is 7.11 Å². The zero-order valence-electron chi connectivity index (χ0n) is 14.0. The standard InChI is InChI=1S/C21H16F2O3/c1-25-20(24)21-11-15(13-2-6-16(22)7-3-13)10-19(21)26-18(12-21)14-4-8-17(23)9-5-14/h2-10,12,19H,11H2,1H3/t19-,21+/m0/s1. The molecule has 0 amide bonds. The second kappa shape index (κ2) is 6.09. The molecule has 26 heavy (non-hydrogen) atoms. The van der Waals surface area contributed by atoms with Crippen LogP contribution < -0.4 is 0 Å². The molecule has 3 nitrogen and oxygen atoms in total. The van der Waals surface area contributed by atoms with Gasteiger partial charge in [0.1, 0.15) is 28.9 Å². The molecule has 0 saturated heterocycles. The number of methoxy groups -OCH3 is 1. The Labute approximate surface area is 149 Å². The van der Waals surface area contributed by atoms with Gasteiger partial charge in [0.05, 0.1) is 7.11 Å². The highest BCUT2D eigenvalue weighted by atomic mass is 19.1. The first-order chi connectivity index (χ1) is 12.5. The van der Waals surface area contributed by atoms with Gasteiger partial charge in [0.15, 0.2) is 0 Å². The molecule has 4 rings (SSSR count). The largest absolute Gasteiger partial charge is 0.484 e. The van der Waals surface area contributed by atoms with E-state index >= 15 is 0 Å². The number of halogens is 2. The fraction of sp³-hybridized carbons (Fsp3) is 0.190. The Kier molecular flexibility index (Phi) is 3.87. The van der Waals surface area contributed by atoms with Gasteiger partial charge in [-0.1, -0.05) is 12.1 Å². The monoisotopic (exact) mass is 354 g/mol. The number of hydrogen-bond donors (Lipinski definition) is 0. The number of fused-ring (bicyclic) bond motifs is 1. The van der Waals surface area contributed by atoms with E-state index in [1.807, 2.05) is 6.08 Å². The quantitative estimate of drug-likeness (QED) is 0.769. The van der Waals surface area contributed by atoms with E-state index in [0.29, 0.717) is 17.7 Å². The molecule has 0 aromatic heterocycles. The number of carbonyl (C=O) groups is 1. The van der Waals surface area contributed by atoms with Crippen molar-refractivity contribution in [2.24, 2.45) is 5.41 Å². The van der Waals surface area contributed by atoms with Crippen LogP contribution in [0.15, 0.2) is 60.7 Å². The molecule has 0 radical (unpaired) electrons. The highest BCUT2D eigenvalue weighted by Crippen LogP contribution is 2.52. The molecule has 0 fully saturated rings. The Morgan fingerprint density at radius 2 is 1.62 bits per heavy atom. The minimum absolute atomic E-state index is 0.315. The summed E-state index contributed by atoms with van der Waals surface area (Å²) >= 11 is 0. The summed E-state index contributed by atoms with van der Waals surface area (Å²) in [5, 5.41) is 0. The van der Waals surface area contributed by atoms with E-state index in [1.165, 1.54) is 31.4 Å². The van der Waals surface area contributed by atoms with Crippen LogP contribution in [0.5, 0.6) is 0 Å². The molecule has 0 spiro atoms. The van der Waals surface area contributed by atoms with Crippen LogP contribution in [0.25, 0.3) is 11.3 Å². The Hall–Kier alpha value is -2.95. The first-order valence-corrected chi connectivity index (χ1v) is 8.22. The molecule has 2 aliphatic rings. The van der Waals surface area contributed by atoms with Gasteiger partial charge in [0.25, 0.3) is 0 Å². The van der Waals surface area contributed by atoms with Crippen LogP contribution in [0.3, 0.4) is 0 Å². The van der Waals surface area contributed by atoms with Crippen molar-refractivity contribution in [1.29, 1.82) is 0 Å². The fourth-order valence-corrected chi connectivity index (χ4v) is 3.55. The summed E-state index contributed by atoms with van der Waals surface area (Å²) in [5.74, 6) is -0.526. The van der Waals surface area contributed by atoms with E-state index < -0.39 is 17.5 Å². The Balaban J connectivity index is 1.69. The van der Waals surface area contributed by atoms with Gasteiger partial charge >= 0.3 is 5.97 Å². The number of rotatable bonds is 3. The lowest BCUT2D eigenvalue weighted by Crippen LogP contribution is -2.35. The van der Waals surface area contributed by atoms with Crippen LogP contribution in [0.4, 0.5) is 8.78 Å². The summed E-state index contributed by atoms with van der Waals surface area (Å²) < 4.78 is 37.4. The van der Waals surface area contributed by atoms with Crippen molar-refractivity contribution in [1.82, 2.24) is 0 Å². The first-order valence-electron chi connectivity index (χ1n) is 8.22. The van der Waals surface area contributed by atoms with Gasteiger partial charge in [-0.05, 0) is 66.1 Å². The van der Waals surface area contributed by atoms with E-state index in [2.05, 4.69) is 0 Å². The van der Waals surface area contributed by atoms with Crippen molar-refractivity contribution in [3.63, 3.8) is 0 Å². The van der Waals surface area contributed by atoms with Gasteiger partial charge in [-0.2, -0.15) is 0 Å². The van der Waals surface area contributed by atoms with Gasteiger partial charge in [-0.25, -0.2) is 8.78 Å². The summed E-state index contributed by atoms with van der Waals surface area (Å²) in [6, 6.07) is 12.0. The van der Waals surface area contributed by atoms with Crippen LogP contribution in [0.1, 0.15) is 17.5 Å². The molecule has 0 unspecified atom stereocenters. The molecule has 1 aliphatic heterocycles. The highest BCUT2D eigenvalue weighted by Gasteiger charge is 2.54. The van der Waals surface area contributed by atoms with Crippen molar-refractivity contribution >= 4 is 17.3 Å². The summed E-state index contributed by atoms with van der Waals surface area (Å²) in [6.45, 7) is 0. The molecule has 2 aromatic rings. The smallest absolute Gasteiger partial charge is 0.320 e. The fourth-order valence-electron chi connectivity index (χ4n) is 3.55. The zero-order valence-corrected chi connectivity index (χ0v) is 14.0. The van der Waals surface area contributed by atoms with E-state index in [9.17, 15) is 13.6 Å². The number of hydrogen-bond acceptors (Lipinski definition) is 3.